The summed E-state index contributed by atoms with van der Waals surface area (Å²) in [7, 11) is 0. The highest BCUT2D eigenvalue weighted by Crippen LogP contribution is 2.35. The van der Waals surface area contributed by atoms with E-state index in [4.69, 9.17) is 9.47 Å². The van der Waals surface area contributed by atoms with Crippen LogP contribution in [0.3, 0.4) is 0 Å². The van der Waals surface area contributed by atoms with Crippen LogP contribution >= 0.6 is 0 Å². The molecular weight excluding hydrogens is 1070 g/mol. The van der Waals surface area contributed by atoms with Crippen LogP contribution < -0.4 is 30.7 Å². The van der Waals surface area contributed by atoms with Gasteiger partial charge in [-0.1, -0.05) is 72.8 Å². The number of fused-ring (bicyclic) bond motifs is 2. The summed E-state index contributed by atoms with van der Waals surface area (Å²) in [6, 6.07) is 36.8. The van der Waals surface area contributed by atoms with E-state index in [-0.39, 0.29) is 92.4 Å². The molecule has 16 nitrogen and oxygen atoms in total. The van der Waals surface area contributed by atoms with Crippen LogP contribution in [0.15, 0.2) is 133 Å². The van der Waals surface area contributed by atoms with Gasteiger partial charge >= 0.3 is 0 Å². The van der Waals surface area contributed by atoms with Gasteiger partial charge < -0.3 is 24.6 Å². The number of nitrogens with zero attached hydrogens (tertiary/aromatic N) is 4. The van der Waals surface area contributed by atoms with Crippen molar-refractivity contribution in [3.8, 4) is 11.5 Å². The number of hydrogen-bond acceptors (Lipinski definition) is 12. The number of ether oxygens (including phenoxy) is 2. The number of benzene rings is 6. The van der Waals surface area contributed by atoms with Crippen molar-refractivity contribution < 1.29 is 51.4 Å². The number of hydrogen-bond donors (Lipinski definition) is 4. The van der Waals surface area contributed by atoms with Crippen LogP contribution in [0.1, 0.15) is 104 Å². The van der Waals surface area contributed by atoms with Gasteiger partial charge in [-0.25, -0.2) is 13.2 Å². The lowest BCUT2D eigenvalue weighted by atomic mass is 9.92. The molecule has 6 aromatic rings. The molecule has 3 unspecified atom stereocenters. The molecule has 428 valence electrons. The molecular formula is C64H63F3N8O8. The quantitative estimate of drug-likeness (QED) is 0.0700. The third-order valence-corrected chi connectivity index (χ3v) is 16.9. The van der Waals surface area contributed by atoms with Crippen molar-refractivity contribution in [2.24, 2.45) is 0 Å². The summed E-state index contributed by atoms with van der Waals surface area (Å²) in [4.78, 5) is 83.9. The maximum Gasteiger partial charge on any atom is 0.255 e. The van der Waals surface area contributed by atoms with Crippen molar-refractivity contribution in [2.75, 3.05) is 26.2 Å². The Morgan fingerprint density at radius 1 is 0.554 bits per heavy atom. The van der Waals surface area contributed by atoms with Gasteiger partial charge in [0.2, 0.25) is 23.6 Å². The number of rotatable bonds is 17. The van der Waals surface area contributed by atoms with Crippen LogP contribution in [0.2, 0.25) is 0 Å². The second kappa shape index (κ2) is 23.9. The van der Waals surface area contributed by atoms with Crippen molar-refractivity contribution in [3.05, 3.63) is 201 Å². The fraction of sp³-hybridized carbons (Fsp3) is 0.344. The Kier molecular flexibility index (Phi) is 15.9. The van der Waals surface area contributed by atoms with Gasteiger partial charge in [0, 0.05) is 101 Å². The standard InChI is InChI=1S/C64H63F3N8O8/c65-45-13-7-10-39(26-45)32-72-25-23-52(56(37-72)83-47-15-17-49-43(29-47)35-75(64(49)81)54-19-21-58(77)71-62(54)79)69-60(40-11-5-2-6-12-40)41-27-44(59(67)50(66)30-41)33-73-24-22-51(68-31-38-8-3-1-4-9-38)55(36-73)82-46-14-16-48-42(28-46)34-74(63(48)80)53-18-20-57(76)70-61(53)78/h1-17,26-30,51-56,60,68-69H,18-25,31-37H2,(H,70,76,78)(H,71,77,79)/t51-,52-,53?,54?,55-,56-,60?/m0/s1. The maximum absolute atomic E-state index is 16.4. The van der Waals surface area contributed by atoms with E-state index in [0.29, 0.717) is 91.4 Å². The van der Waals surface area contributed by atoms with E-state index in [1.165, 1.54) is 28.0 Å². The highest BCUT2D eigenvalue weighted by atomic mass is 19.2. The topological polar surface area (TPSA) is 182 Å². The smallest absolute Gasteiger partial charge is 0.255 e. The molecule has 6 heterocycles. The van der Waals surface area contributed by atoms with E-state index >= 15 is 8.78 Å². The van der Waals surface area contributed by atoms with E-state index in [9.17, 15) is 33.2 Å². The summed E-state index contributed by atoms with van der Waals surface area (Å²) in [6.45, 7) is 3.31. The van der Waals surface area contributed by atoms with Gasteiger partial charge in [0.25, 0.3) is 11.8 Å². The summed E-state index contributed by atoms with van der Waals surface area (Å²) in [5.41, 5.74) is 5.63. The molecule has 0 spiro atoms. The molecule has 0 bridgehead atoms. The zero-order valence-electron chi connectivity index (χ0n) is 45.5. The fourth-order valence-electron chi connectivity index (χ4n) is 12.7. The van der Waals surface area contributed by atoms with Gasteiger partial charge in [-0.15, -0.1) is 0 Å². The fourth-order valence-corrected chi connectivity index (χ4v) is 12.7. The van der Waals surface area contributed by atoms with Crippen LogP contribution in [-0.4, -0.2) is 118 Å². The average Bonchev–Trinajstić information content (AvgIpc) is 3.30. The van der Waals surface area contributed by atoms with Crippen LogP contribution in [0.5, 0.6) is 11.5 Å². The SMILES string of the molecule is O=C1CCC(N2Cc3cc(O[C@H]4CN(Cc5cc(C(N[C@H]6CCN(Cc7cccc(F)c7)C[C@@H]6Oc6ccc7c(c6)CN(C6CCC(=O)NC6=O)C7=O)c6ccccc6)cc(F)c5F)CC[C@@H]4NCc4ccccc4)ccc3C2=O)C(=O)N1. The number of piperidine rings is 4. The molecule has 6 aliphatic rings. The minimum Gasteiger partial charge on any atom is -0.487 e. The third-order valence-electron chi connectivity index (χ3n) is 16.9. The summed E-state index contributed by atoms with van der Waals surface area (Å²) in [6.07, 6.45) is 0.902. The molecule has 7 atom stereocenters. The Morgan fingerprint density at radius 2 is 1.11 bits per heavy atom. The molecule has 6 aromatic carbocycles. The second-order valence-corrected chi connectivity index (χ2v) is 22.5. The van der Waals surface area contributed by atoms with E-state index in [0.717, 1.165) is 16.7 Å². The van der Waals surface area contributed by atoms with Gasteiger partial charge in [0.05, 0.1) is 6.04 Å². The maximum atomic E-state index is 16.4. The van der Waals surface area contributed by atoms with E-state index in [1.54, 1.807) is 36.4 Å². The van der Waals surface area contributed by atoms with E-state index in [2.05, 4.69) is 31.1 Å². The van der Waals surface area contributed by atoms with E-state index < -0.39 is 53.8 Å². The molecule has 4 saturated heterocycles. The zero-order chi connectivity index (χ0) is 57.3. The molecule has 6 aliphatic heterocycles. The summed E-state index contributed by atoms with van der Waals surface area (Å²) >= 11 is 0. The Balaban J connectivity index is 0.795. The lowest BCUT2D eigenvalue weighted by Gasteiger charge is -2.41. The van der Waals surface area contributed by atoms with Gasteiger partial charge in [-0.05, 0) is 120 Å². The predicted octanol–water partition coefficient (Wildman–Crippen LogP) is 6.84. The van der Waals surface area contributed by atoms with Gasteiger partial charge in [-0.2, -0.15) is 0 Å². The van der Waals surface area contributed by atoms with Crippen LogP contribution in [-0.2, 0) is 51.9 Å². The number of amides is 6. The number of carbonyl (C=O) groups is 6. The first kappa shape index (κ1) is 55.3. The van der Waals surface area contributed by atoms with Gasteiger partial charge in [0.1, 0.15) is 41.6 Å². The minimum atomic E-state index is -0.997. The molecule has 4 fully saturated rings. The second-order valence-electron chi connectivity index (χ2n) is 22.5. The molecule has 83 heavy (non-hydrogen) atoms. The predicted molar refractivity (Wildman–Crippen MR) is 299 cm³/mol. The number of halogens is 3. The van der Waals surface area contributed by atoms with Crippen molar-refractivity contribution in [2.45, 2.75) is 114 Å². The average molecular weight is 1130 g/mol. The monoisotopic (exact) mass is 1130 g/mol. The summed E-state index contributed by atoms with van der Waals surface area (Å²) in [5.74, 6) is -3.61. The third kappa shape index (κ3) is 12.2. The van der Waals surface area contributed by atoms with E-state index in [1.807, 2.05) is 78.9 Å². The van der Waals surface area contributed by atoms with Crippen molar-refractivity contribution in [3.63, 3.8) is 0 Å². The van der Waals surface area contributed by atoms with Gasteiger partial charge in [-0.3, -0.25) is 54.5 Å². The van der Waals surface area contributed by atoms with Crippen molar-refractivity contribution >= 4 is 35.4 Å². The van der Waals surface area contributed by atoms with Crippen molar-refractivity contribution in [1.29, 1.82) is 0 Å². The normalized spacial score (nSPS) is 23.4. The molecule has 0 aliphatic carbocycles. The van der Waals surface area contributed by atoms with Crippen LogP contribution in [0.4, 0.5) is 13.2 Å². The first-order valence-corrected chi connectivity index (χ1v) is 28.4. The molecule has 6 amide bonds. The summed E-state index contributed by atoms with van der Waals surface area (Å²) < 4.78 is 61.0. The molecule has 0 saturated carbocycles. The Bertz CT molecular complexity index is 3480. The number of imide groups is 2. The summed E-state index contributed by atoms with van der Waals surface area (Å²) in [5, 5.41) is 12.2. The molecule has 0 radical (unpaired) electrons. The Hall–Kier alpha value is -8.23. The first-order valence-electron chi connectivity index (χ1n) is 28.4. The van der Waals surface area contributed by atoms with Crippen molar-refractivity contribution in [1.82, 2.24) is 40.9 Å². The lowest BCUT2D eigenvalue weighted by Crippen LogP contribution is -2.55. The van der Waals surface area contributed by atoms with Gasteiger partial charge in [0.15, 0.2) is 11.6 Å². The molecule has 19 heteroatoms. The zero-order valence-corrected chi connectivity index (χ0v) is 45.5. The highest BCUT2D eigenvalue weighted by molar-refractivity contribution is 6.06. The highest BCUT2D eigenvalue weighted by Gasteiger charge is 2.42. The van der Waals surface area contributed by atoms with Crippen LogP contribution in [0.25, 0.3) is 0 Å². The largest absolute Gasteiger partial charge is 0.487 e. The minimum absolute atomic E-state index is 0.0645. The number of likely N-dealkylation sites (tertiary alicyclic amines) is 2. The Morgan fingerprint density at radius 3 is 1.70 bits per heavy atom. The molecule has 0 aromatic heterocycles. The lowest BCUT2D eigenvalue weighted by molar-refractivity contribution is -0.138. The van der Waals surface area contributed by atoms with Crippen LogP contribution in [0, 0.1) is 17.5 Å². The number of nitrogens with one attached hydrogen (secondary N) is 4. The number of carbonyl (C=O) groups excluding carboxylic acids is 6. The first-order chi connectivity index (χ1) is 40.3. The molecule has 12 rings (SSSR count). The Labute approximate surface area is 478 Å². The molecule has 4 N–H and O–H groups in total.